The van der Waals surface area contributed by atoms with Gasteiger partial charge in [-0.15, -0.1) is 0 Å². The van der Waals surface area contributed by atoms with Gasteiger partial charge in [0.15, 0.2) is 5.82 Å². The van der Waals surface area contributed by atoms with Crippen LogP contribution in [0.5, 0.6) is 0 Å². The lowest BCUT2D eigenvalue weighted by atomic mass is 9.99. The summed E-state index contributed by atoms with van der Waals surface area (Å²) in [7, 11) is 1.79. The fourth-order valence-electron chi connectivity index (χ4n) is 2.49. The van der Waals surface area contributed by atoms with Crippen LogP contribution in [0, 0.1) is 13.8 Å². The molecule has 1 amide bonds. The first-order valence-electron chi connectivity index (χ1n) is 7.35. The lowest BCUT2D eigenvalue weighted by molar-refractivity contribution is 0.102. The fraction of sp³-hybridized carbons (Fsp3) is 0.176. The van der Waals surface area contributed by atoms with E-state index in [1.54, 1.807) is 36.3 Å². The van der Waals surface area contributed by atoms with Gasteiger partial charge in [-0.3, -0.25) is 9.48 Å². The largest absolute Gasteiger partial charge is 0.304 e. The molecule has 122 valence electrons. The molecule has 6 nitrogen and oxygen atoms in total. The van der Waals surface area contributed by atoms with Crippen molar-refractivity contribution in [3.63, 3.8) is 0 Å². The van der Waals surface area contributed by atoms with E-state index in [0.717, 1.165) is 22.4 Å². The number of halogens is 1. The van der Waals surface area contributed by atoms with Gasteiger partial charge in [-0.2, -0.15) is 5.10 Å². The Morgan fingerprint density at radius 3 is 2.71 bits per heavy atom. The van der Waals surface area contributed by atoms with Crippen LogP contribution in [0.3, 0.4) is 0 Å². The van der Waals surface area contributed by atoms with E-state index in [2.05, 4.69) is 20.4 Å². The van der Waals surface area contributed by atoms with Gasteiger partial charge in [0.05, 0.1) is 0 Å². The van der Waals surface area contributed by atoms with E-state index in [1.807, 2.05) is 26.0 Å². The lowest BCUT2D eigenvalue weighted by Crippen LogP contribution is -2.17. The molecule has 3 heterocycles. The van der Waals surface area contributed by atoms with E-state index in [1.165, 1.54) is 0 Å². The predicted molar refractivity (Wildman–Crippen MR) is 93.1 cm³/mol. The molecule has 3 aromatic heterocycles. The molecule has 0 saturated carbocycles. The van der Waals surface area contributed by atoms with Gasteiger partial charge < -0.3 is 5.32 Å². The third kappa shape index (κ3) is 3.28. The van der Waals surface area contributed by atoms with Gasteiger partial charge in [-0.25, -0.2) is 9.97 Å². The summed E-state index contributed by atoms with van der Waals surface area (Å²) in [5, 5.41) is 7.32. The maximum absolute atomic E-state index is 12.6. The minimum absolute atomic E-state index is 0.295. The van der Waals surface area contributed by atoms with Crippen LogP contribution >= 0.6 is 11.6 Å². The van der Waals surface area contributed by atoms with Crippen molar-refractivity contribution in [2.75, 3.05) is 5.32 Å². The zero-order chi connectivity index (χ0) is 17.3. The van der Waals surface area contributed by atoms with Crippen molar-refractivity contribution in [1.29, 1.82) is 0 Å². The molecule has 0 atom stereocenters. The number of aryl methyl sites for hydroxylation is 2. The fourth-order valence-corrected chi connectivity index (χ4v) is 2.66. The monoisotopic (exact) mass is 341 g/mol. The third-order valence-corrected chi connectivity index (χ3v) is 3.82. The molecular weight excluding hydrogens is 326 g/mol. The van der Waals surface area contributed by atoms with Crippen molar-refractivity contribution >= 4 is 23.3 Å². The van der Waals surface area contributed by atoms with Gasteiger partial charge in [0.2, 0.25) is 0 Å². The molecule has 0 aromatic carbocycles. The Bertz CT molecular complexity index is 919. The summed E-state index contributed by atoms with van der Waals surface area (Å²) in [4.78, 5) is 21.0. The van der Waals surface area contributed by atoms with E-state index in [9.17, 15) is 4.79 Å². The zero-order valence-corrected chi connectivity index (χ0v) is 14.3. The third-order valence-electron chi connectivity index (χ3n) is 3.61. The summed E-state index contributed by atoms with van der Waals surface area (Å²) in [5.74, 6) is 0.190. The van der Waals surface area contributed by atoms with E-state index in [4.69, 9.17) is 11.6 Å². The molecule has 0 unspecified atom stereocenters. The second kappa shape index (κ2) is 6.41. The number of nitrogens with one attached hydrogen (secondary N) is 1. The van der Waals surface area contributed by atoms with Crippen molar-refractivity contribution in [2.24, 2.45) is 7.05 Å². The van der Waals surface area contributed by atoms with Crippen LogP contribution in [0.1, 0.15) is 21.7 Å². The highest BCUT2D eigenvalue weighted by Gasteiger charge is 2.17. The topological polar surface area (TPSA) is 72.7 Å². The van der Waals surface area contributed by atoms with E-state index in [0.29, 0.717) is 16.7 Å². The number of pyridine rings is 2. The second-order valence-electron chi connectivity index (χ2n) is 5.48. The number of hydrogen-bond acceptors (Lipinski definition) is 4. The molecule has 24 heavy (non-hydrogen) atoms. The molecule has 0 saturated heterocycles. The average Bonchev–Trinajstić information content (AvgIpc) is 2.94. The Morgan fingerprint density at radius 1 is 1.25 bits per heavy atom. The molecule has 3 aromatic rings. The molecular formula is C17H16ClN5O. The van der Waals surface area contributed by atoms with Crippen molar-refractivity contribution in [3.05, 3.63) is 58.8 Å². The molecule has 7 heteroatoms. The Labute approximate surface area is 144 Å². The minimum Gasteiger partial charge on any atom is -0.304 e. The number of amides is 1. The Kier molecular flexibility index (Phi) is 4.31. The van der Waals surface area contributed by atoms with Crippen molar-refractivity contribution in [2.45, 2.75) is 13.8 Å². The highest BCUT2D eigenvalue weighted by atomic mass is 35.5. The number of carbonyl (C=O) groups excluding carboxylic acids is 1. The number of carbonyl (C=O) groups is 1. The van der Waals surface area contributed by atoms with Crippen molar-refractivity contribution < 1.29 is 4.79 Å². The van der Waals surface area contributed by atoms with Crippen LogP contribution in [-0.2, 0) is 7.05 Å². The number of aromatic nitrogens is 4. The highest BCUT2D eigenvalue weighted by Crippen LogP contribution is 2.27. The molecule has 0 bridgehead atoms. The van der Waals surface area contributed by atoms with Crippen LogP contribution in [0.2, 0.25) is 5.15 Å². The van der Waals surface area contributed by atoms with E-state index >= 15 is 0 Å². The van der Waals surface area contributed by atoms with Crippen molar-refractivity contribution in [1.82, 2.24) is 19.7 Å². The number of hydrogen-bond donors (Lipinski definition) is 1. The summed E-state index contributed by atoms with van der Waals surface area (Å²) in [6.45, 7) is 3.72. The lowest BCUT2D eigenvalue weighted by Gasteiger charge is -2.12. The highest BCUT2D eigenvalue weighted by molar-refractivity contribution is 6.29. The molecule has 3 rings (SSSR count). The van der Waals surface area contributed by atoms with Gasteiger partial charge in [-0.05, 0) is 48.7 Å². The first-order chi connectivity index (χ1) is 11.4. The zero-order valence-electron chi connectivity index (χ0n) is 13.5. The first kappa shape index (κ1) is 16.1. The average molecular weight is 342 g/mol. The quantitative estimate of drug-likeness (QED) is 0.741. The predicted octanol–water partition coefficient (Wildman–Crippen LogP) is 3.40. The van der Waals surface area contributed by atoms with Gasteiger partial charge in [-0.1, -0.05) is 11.6 Å². The maximum atomic E-state index is 12.6. The molecule has 0 aliphatic rings. The smallest absolute Gasteiger partial charge is 0.275 e. The molecule has 0 aliphatic carbocycles. The summed E-state index contributed by atoms with van der Waals surface area (Å²) >= 11 is 5.98. The van der Waals surface area contributed by atoms with Crippen LogP contribution in [0.25, 0.3) is 11.1 Å². The molecule has 0 radical (unpaired) electrons. The number of anilines is 1. The van der Waals surface area contributed by atoms with Crippen LogP contribution in [-0.4, -0.2) is 25.7 Å². The first-order valence-corrected chi connectivity index (χ1v) is 7.73. The van der Waals surface area contributed by atoms with Gasteiger partial charge in [0, 0.05) is 31.2 Å². The Morgan fingerprint density at radius 2 is 2.04 bits per heavy atom. The molecule has 0 aliphatic heterocycles. The van der Waals surface area contributed by atoms with Gasteiger partial charge >= 0.3 is 0 Å². The van der Waals surface area contributed by atoms with Crippen LogP contribution < -0.4 is 5.32 Å². The van der Waals surface area contributed by atoms with E-state index in [-0.39, 0.29) is 5.91 Å². The SMILES string of the molecule is Cc1cc(-c2ccnc(Cl)c2)c(C)c(C(=O)Nc2ccn(C)n2)n1. The summed E-state index contributed by atoms with van der Waals surface area (Å²) in [6.07, 6.45) is 3.40. The molecule has 1 N–H and O–H groups in total. The normalized spacial score (nSPS) is 10.7. The summed E-state index contributed by atoms with van der Waals surface area (Å²) in [6, 6.07) is 7.28. The summed E-state index contributed by atoms with van der Waals surface area (Å²) < 4.78 is 1.62. The standard InChI is InChI=1S/C17H16ClN5O/c1-10-8-13(12-4-6-19-14(18)9-12)11(2)16(20-10)17(24)21-15-5-7-23(3)22-15/h4-9H,1-3H3,(H,21,22,24). The summed E-state index contributed by atoms with van der Waals surface area (Å²) in [5.41, 5.74) is 3.68. The molecule has 0 spiro atoms. The maximum Gasteiger partial charge on any atom is 0.275 e. The van der Waals surface area contributed by atoms with Crippen molar-refractivity contribution in [3.8, 4) is 11.1 Å². The van der Waals surface area contributed by atoms with Crippen LogP contribution in [0.15, 0.2) is 36.7 Å². The van der Waals surface area contributed by atoms with E-state index < -0.39 is 0 Å². The van der Waals surface area contributed by atoms with Crippen LogP contribution in [0.4, 0.5) is 5.82 Å². The minimum atomic E-state index is -0.295. The van der Waals surface area contributed by atoms with Gasteiger partial charge in [0.1, 0.15) is 10.8 Å². The Hall–Kier alpha value is -2.73. The number of nitrogens with zero attached hydrogens (tertiary/aromatic N) is 4. The van der Waals surface area contributed by atoms with Gasteiger partial charge in [0.25, 0.3) is 5.91 Å². The Balaban J connectivity index is 2.01. The second-order valence-corrected chi connectivity index (χ2v) is 5.87. The number of rotatable bonds is 3. The molecule has 0 fully saturated rings.